The highest BCUT2D eigenvalue weighted by Gasteiger charge is 2.10. The van der Waals surface area contributed by atoms with Gasteiger partial charge < -0.3 is 14.6 Å². The van der Waals surface area contributed by atoms with Crippen LogP contribution in [-0.2, 0) is 6.61 Å². The second-order valence-electron chi connectivity index (χ2n) is 5.52. The van der Waals surface area contributed by atoms with Gasteiger partial charge in [-0.25, -0.2) is 0 Å². The van der Waals surface area contributed by atoms with Crippen LogP contribution >= 0.6 is 0 Å². The largest absolute Gasteiger partial charge is 0.497 e. The molecule has 122 valence electrons. The van der Waals surface area contributed by atoms with E-state index in [4.69, 9.17) is 9.47 Å². The van der Waals surface area contributed by atoms with Gasteiger partial charge in [0.2, 0.25) is 0 Å². The summed E-state index contributed by atoms with van der Waals surface area (Å²) in [5, 5.41) is 10.5. The Balaban J connectivity index is 1.64. The van der Waals surface area contributed by atoms with E-state index < -0.39 is 6.10 Å². The third-order valence-corrected chi connectivity index (χ3v) is 3.88. The number of aliphatic hydroxyl groups is 1. The van der Waals surface area contributed by atoms with Gasteiger partial charge in [-0.05, 0) is 41.0 Å². The predicted octanol–water partition coefficient (Wildman–Crippen LogP) is 4.36. The molecule has 3 nitrogen and oxygen atoms in total. The van der Waals surface area contributed by atoms with E-state index in [1.807, 2.05) is 78.9 Å². The van der Waals surface area contributed by atoms with Gasteiger partial charge >= 0.3 is 0 Å². The van der Waals surface area contributed by atoms with Gasteiger partial charge in [0.15, 0.2) is 0 Å². The number of methoxy groups -OCH3 is 1. The molecular weight excluding hydrogens is 300 g/mol. The van der Waals surface area contributed by atoms with Crippen molar-refractivity contribution in [3.05, 3.63) is 95.6 Å². The van der Waals surface area contributed by atoms with E-state index in [-0.39, 0.29) is 0 Å². The summed E-state index contributed by atoms with van der Waals surface area (Å²) in [7, 11) is 1.62. The van der Waals surface area contributed by atoms with E-state index in [9.17, 15) is 5.11 Å². The van der Waals surface area contributed by atoms with Gasteiger partial charge in [-0.1, -0.05) is 54.6 Å². The molecule has 0 spiro atoms. The number of hydrogen-bond donors (Lipinski definition) is 1. The molecule has 0 aliphatic heterocycles. The Morgan fingerprint density at radius 1 is 0.750 bits per heavy atom. The van der Waals surface area contributed by atoms with Gasteiger partial charge in [-0.2, -0.15) is 0 Å². The molecule has 0 fully saturated rings. The summed E-state index contributed by atoms with van der Waals surface area (Å²) in [4.78, 5) is 0. The maximum atomic E-state index is 10.5. The first-order valence-corrected chi connectivity index (χ1v) is 7.85. The number of rotatable bonds is 6. The normalized spacial score (nSPS) is 11.8. The molecule has 1 atom stereocenters. The van der Waals surface area contributed by atoms with Crippen molar-refractivity contribution in [3.8, 4) is 11.5 Å². The molecular formula is C21H20O3. The van der Waals surface area contributed by atoms with E-state index >= 15 is 0 Å². The molecule has 1 unspecified atom stereocenters. The van der Waals surface area contributed by atoms with Crippen LogP contribution in [0.1, 0.15) is 22.8 Å². The quantitative estimate of drug-likeness (QED) is 0.733. The van der Waals surface area contributed by atoms with Crippen LogP contribution in [0.15, 0.2) is 78.9 Å². The highest BCUT2D eigenvalue weighted by atomic mass is 16.5. The second-order valence-corrected chi connectivity index (χ2v) is 5.52. The number of benzene rings is 3. The molecule has 3 aromatic rings. The van der Waals surface area contributed by atoms with Gasteiger partial charge in [0.1, 0.15) is 24.2 Å². The zero-order valence-corrected chi connectivity index (χ0v) is 13.6. The molecule has 3 aromatic carbocycles. The Kier molecular flexibility index (Phi) is 5.14. The number of hydrogen-bond acceptors (Lipinski definition) is 3. The summed E-state index contributed by atoms with van der Waals surface area (Å²) in [6.45, 7) is 0.529. The van der Waals surface area contributed by atoms with Crippen LogP contribution in [0.5, 0.6) is 11.5 Å². The summed E-state index contributed by atoms with van der Waals surface area (Å²) in [6, 6.07) is 25.0. The molecule has 0 aliphatic rings. The van der Waals surface area contributed by atoms with Crippen molar-refractivity contribution < 1.29 is 14.6 Å². The Labute approximate surface area is 142 Å². The zero-order chi connectivity index (χ0) is 16.8. The molecule has 0 aliphatic carbocycles. The summed E-state index contributed by atoms with van der Waals surface area (Å²) in [6.07, 6.45) is -0.668. The van der Waals surface area contributed by atoms with Gasteiger partial charge in [0.05, 0.1) is 7.11 Å². The lowest BCUT2D eigenvalue weighted by molar-refractivity contribution is 0.220. The molecule has 0 saturated carbocycles. The minimum Gasteiger partial charge on any atom is -0.497 e. The molecule has 0 heterocycles. The fourth-order valence-electron chi connectivity index (χ4n) is 2.47. The van der Waals surface area contributed by atoms with Crippen molar-refractivity contribution in [1.82, 2.24) is 0 Å². The molecule has 0 radical (unpaired) electrons. The lowest BCUT2D eigenvalue weighted by Gasteiger charge is -2.13. The van der Waals surface area contributed by atoms with Crippen LogP contribution in [0.4, 0.5) is 0 Å². The monoisotopic (exact) mass is 320 g/mol. The Morgan fingerprint density at radius 3 is 1.83 bits per heavy atom. The average molecular weight is 320 g/mol. The van der Waals surface area contributed by atoms with Crippen molar-refractivity contribution in [2.24, 2.45) is 0 Å². The van der Waals surface area contributed by atoms with Crippen molar-refractivity contribution in [3.63, 3.8) is 0 Å². The zero-order valence-electron chi connectivity index (χ0n) is 13.6. The lowest BCUT2D eigenvalue weighted by Crippen LogP contribution is -2.00. The lowest BCUT2D eigenvalue weighted by atomic mass is 10.0. The Bertz CT molecular complexity index is 749. The number of ether oxygens (including phenoxy) is 2. The van der Waals surface area contributed by atoms with Gasteiger partial charge in [-0.3, -0.25) is 0 Å². The highest BCUT2D eigenvalue weighted by molar-refractivity contribution is 5.36. The summed E-state index contributed by atoms with van der Waals surface area (Å²) in [5.41, 5.74) is 2.78. The molecule has 0 saturated heterocycles. The van der Waals surface area contributed by atoms with Crippen LogP contribution < -0.4 is 9.47 Å². The molecule has 0 amide bonds. The van der Waals surface area contributed by atoms with Crippen LogP contribution in [0, 0.1) is 0 Å². The molecule has 3 rings (SSSR count). The summed E-state index contributed by atoms with van der Waals surface area (Å²) >= 11 is 0. The highest BCUT2D eigenvalue weighted by Crippen LogP contribution is 2.25. The SMILES string of the molecule is COc1ccc(C(O)c2ccc(OCc3ccccc3)cc2)cc1. The van der Waals surface area contributed by atoms with E-state index in [2.05, 4.69) is 0 Å². The smallest absolute Gasteiger partial charge is 0.119 e. The van der Waals surface area contributed by atoms with Crippen LogP contribution in [0.2, 0.25) is 0 Å². The first-order chi connectivity index (χ1) is 11.8. The Hall–Kier alpha value is -2.78. The van der Waals surface area contributed by atoms with E-state index in [0.717, 1.165) is 28.2 Å². The van der Waals surface area contributed by atoms with Crippen molar-refractivity contribution in [2.45, 2.75) is 12.7 Å². The summed E-state index contributed by atoms with van der Waals surface area (Å²) < 4.78 is 10.9. The third-order valence-electron chi connectivity index (χ3n) is 3.88. The van der Waals surface area contributed by atoms with Crippen molar-refractivity contribution in [1.29, 1.82) is 0 Å². The minimum atomic E-state index is -0.668. The molecule has 0 aromatic heterocycles. The molecule has 3 heteroatoms. The maximum absolute atomic E-state index is 10.5. The fraction of sp³-hybridized carbons (Fsp3) is 0.143. The topological polar surface area (TPSA) is 38.7 Å². The summed E-state index contributed by atoms with van der Waals surface area (Å²) in [5.74, 6) is 1.56. The standard InChI is InChI=1S/C21H20O3/c1-23-19-11-7-17(8-12-19)21(22)18-9-13-20(14-10-18)24-15-16-5-3-2-4-6-16/h2-14,21-22H,15H2,1H3. The number of aliphatic hydroxyl groups excluding tert-OH is 1. The van der Waals surface area contributed by atoms with E-state index in [0.29, 0.717) is 6.61 Å². The fourth-order valence-corrected chi connectivity index (χ4v) is 2.47. The van der Waals surface area contributed by atoms with E-state index in [1.54, 1.807) is 7.11 Å². The van der Waals surface area contributed by atoms with Crippen LogP contribution in [0.25, 0.3) is 0 Å². The van der Waals surface area contributed by atoms with Crippen LogP contribution in [-0.4, -0.2) is 12.2 Å². The molecule has 1 N–H and O–H groups in total. The van der Waals surface area contributed by atoms with Crippen LogP contribution in [0.3, 0.4) is 0 Å². The first kappa shape index (κ1) is 16.1. The third kappa shape index (κ3) is 3.94. The average Bonchev–Trinajstić information content (AvgIpc) is 2.67. The van der Waals surface area contributed by atoms with Crippen molar-refractivity contribution >= 4 is 0 Å². The predicted molar refractivity (Wildman–Crippen MR) is 94.3 cm³/mol. The van der Waals surface area contributed by atoms with Gasteiger partial charge in [-0.15, -0.1) is 0 Å². The van der Waals surface area contributed by atoms with Crippen molar-refractivity contribution in [2.75, 3.05) is 7.11 Å². The molecule has 0 bridgehead atoms. The Morgan fingerprint density at radius 2 is 1.29 bits per heavy atom. The van der Waals surface area contributed by atoms with Gasteiger partial charge in [0, 0.05) is 0 Å². The molecule has 24 heavy (non-hydrogen) atoms. The van der Waals surface area contributed by atoms with E-state index in [1.165, 1.54) is 0 Å². The van der Waals surface area contributed by atoms with Gasteiger partial charge in [0.25, 0.3) is 0 Å². The second kappa shape index (κ2) is 7.66. The maximum Gasteiger partial charge on any atom is 0.119 e. The first-order valence-electron chi connectivity index (χ1n) is 7.85. The minimum absolute atomic E-state index is 0.529.